The Hall–Kier alpha value is -0.570. The molecule has 0 unspecified atom stereocenters. The van der Waals surface area contributed by atoms with Crippen LogP contribution in [0.1, 0.15) is 58.3 Å². The molecule has 0 spiro atoms. The maximum Gasteiger partial charge on any atom is 0.223 e. The van der Waals surface area contributed by atoms with Gasteiger partial charge in [0.25, 0.3) is 0 Å². The number of rotatable bonds is 7. The van der Waals surface area contributed by atoms with Gasteiger partial charge in [-0.3, -0.25) is 4.79 Å². The van der Waals surface area contributed by atoms with Crippen LogP contribution < -0.4 is 10.6 Å². The van der Waals surface area contributed by atoms with Crippen molar-refractivity contribution in [1.29, 1.82) is 0 Å². The second kappa shape index (κ2) is 7.13. The molecule has 0 aliphatic heterocycles. The number of carbonyl (C=O) groups is 1. The highest BCUT2D eigenvalue weighted by atomic mass is 16.2. The van der Waals surface area contributed by atoms with Crippen LogP contribution in [0.3, 0.4) is 0 Å². The highest BCUT2D eigenvalue weighted by molar-refractivity contribution is 5.80. The Bertz CT molecular complexity index is 255. The van der Waals surface area contributed by atoms with E-state index in [1.165, 1.54) is 38.5 Å². The van der Waals surface area contributed by atoms with Gasteiger partial charge in [-0.2, -0.15) is 0 Å². The van der Waals surface area contributed by atoms with Crippen LogP contribution >= 0.6 is 0 Å². The number of amides is 1. The van der Waals surface area contributed by atoms with Gasteiger partial charge in [-0.1, -0.05) is 19.8 Å². The Balaban J connectivity index is 1.48. The predicted octanol–water partition coefficient (Wildman–Crippen LogP) is 2.46. The van der Waals surface area contributed by atoms with Crippen molar-refractivity contribution in [1.82, 2.24) is 10.6 Å². The molecule has 0 aromatic heterocycles. The van der Waals surface area contributed by atoms with Crippen LogP contribution in [0, 0.1) is 11.8 Å². The molecule has 2 aliphatic carbocycles. The van der Waals surface area contributed by atoms with E-state index in [1.807, 2.05) is 0 Å². The van der Waals surface area contributed by atoms with Crippen LogP contribution in [-0.4, -0.2) is 25.0 Å². The van der Waals surface area contributed by atoms with Gasteiger partial charge in [0, 0.05) is 25.0 Å². The third-order valence-corrected chi connectivity index (χ3v) is 4.35. The summed E-state index contributed by atoms with van der Waals surface area (Å²) >= 11 is 0. The SMILES string of the molecule is CCCC1CCC(NCCNC(=O)C2CC2)CC1. The van der Waals surface area contributed by atoms with E-state index in [2.05, 4.69) is 17.6 Å². The molecule has 18 heavy (non-hydrogen) atoms. The van der Waals surface area contributed by atoms with Crippen molar-refractivity contribution in [3.05, 3.63) is 0 Å². The highest BCUT2D eigenvalue weighted by Gasteiger charge is 2.29. The first-order valence-electron chi connectivity index (χ1n) is 7.80. The molecule has 2 N–H and O–H groups in total. The Morgan fingerprint density at radius 3 is 2.39 bits per heavy atom. The summed E-state index contributed by atoms with van der Waals surface area (Å²) in [6.45, 7) is 4.01. The van der Waals surface area contributed by atoms with Crippen LogP contribution in [0.15, 0.2) is 0 Å². The molecular formula is C15H28N2O. The molecule has 2 fully saturated rings. The Morgan fingerprint density at radius 1 is 1.06 bits per heavy atom. The third-order valence-electron chi connectivity index (χ3n) is 4.35. The predicted molar refractivity (Wildman–Crippen MR) is 74.4 cm³/mol. The lowest BCUT2D eigenvalue weighted by Crippen LogP contribution is -2.39. The first-order chi connectivity index (χ1) is 8.79. The van der Waals surface area contributed by atoms with E-state index in [0.29, 0.717) is 12.0 Å². The molecule has 0 saturated heterocycles. The molecule has 2 aliphatic rings. The lowest BCUT2D eigenvalue weighted by Gasteiger charge is -2.29. The van der Waals surface area contributed by atoms with Crippen molar-refractivity contribution in [2.45, 2.75) is 64.3 Å². The van der Waals surface area contributed by atoms with Crippen LogP contribution in [-0.2, 0) is 4.79 Å². The molecule has 3 nitrogen and oxygen atoms in total. The maximum absolute atomic E-state index is 11.4. The Kier molecular flexibility index (Phi) is 5.48. The number of carbonyl (C=O) groups excluding carboxylic acids is 1. The summed E-state index contributed by atoms with van der Waals surface area (Å²) in [5.74, 6) is 1.58. The van der Waals surface area contributed by atoms with E-state index in [1.54, 1.807) is 0 Å². The molecule has 0 bridgehead atoms. The first kappa shape index (κ1) is 13.9. The van der Waals surface area contributed by atoms with E-state index >= 15 is 0 Å². The van der Waals surface area contributed by atoms with Crippen molar-refractivity contribution in [2.24, 2.45) is 11.8 Å². The largest absolute Gasteiger partial charge is 0.355 e. The summed E-state index contributed by atoms with van der Waals surface area (Å²) in [5.41, 5.74) is 0. The first-order valence-corrected chi connectivity index (χ1v) is 7.80. The van der Waals surface area contributed by atoms with Gasteiger partial charge >= 0.3 is 0 Å². The van der Waals surface area contributed by atoms with Crippen molar-refractivity contribution in [3.63, 3.8) is 0 Å². The van der Waals surface area contributed by atoms with E-state index in [9.17, 15) is 4.79 Å². The molecule has 0 heterocycles. The van der Waals surface area contributed by atoms with E-state index in [-0.39, 0.29) is 5.91 Å². The van der Waals surface area contributed by atoms with Crippen molar-refractivity contribution in [2.75, 3.05) is 13.1 Å². The van der Waals surface area contributed by atoms with Gasteiger partial charge < -0.3 is 10.6 Å². The van der Waals surface area contributed by atoms with E-state index in [4.69, 9.17) is 0 Å². The summed E-state index contributed by atoms with van der Waals surface area (Å²) in [6, 6.07) is 0.691. The molecule has 0 radical (unpaired) electrons. The van der Waals surface area contributed by atoms with Crippen molar-refractivity contribution in [3.8, 4) is 0 Å². The maximum atomic E-state index is 11.4. The minimum atomic E-state index is 0.267. The number of hydrogen-bond acceptors (Lipinski definition) is 2. The standard InChI is InChI=1S/C15H28N2O/c1-2-3-12-4-8-14(9-5-12)16-10-11-17-15(18)13-6-7-13/h12-14,16H,2-11H2,1H3,(H,17,18). The second-order valence-electron chi connectivity index (χ2n) is 6.03. The molecular weight excluding hydrogens is 224 g/mol. The lowest BCUT2D eigenvalue weighted by atomic mass is 9.83. The molecule has 2 saturated carbocycles. The van der Waals surface area contributed by atoms with Gasteiger partial charge in [0.15, 0.2) is 0 Å². The quantitative estimate of drug-likeness (QED) is 0.683. The number of nitrogens with one attached hydrogen (secondary N) is 2. The van der Waals surface area contributed by atoms with Gasteiger partial charge in [0.2, 0.25) is 5.91 Å². The third kappa shape index (κ3) is 4.60. The van der Waals surface area contributed by atoms with E-state index < -0.39 is 0 Å². The summed E-state index contributed by atoms with van der Waals surface area (Å²) < 4.78 is 0. The molecule has 1 amide bonds. The fraction of sp³-hybridized carbons (Fsp3) is 0.933. The van der Waals surface area contributed by atoms with Gasteiger partial charge in [0.05, 0.1) is 0 Å². The lowest BCUT2D eigenvalue weighted by molar-refractivity contribution is -0.122. The Morgan fingerprint density at radius 2 is 1.78 bits per heavy atom. The molecule has 3 heteroatoms. The molecule has 0 aromatic rings. The zero-order valence-electron chi connectivity index (χ0n) is 11.7. The fourth-order valence-corrected chi connectivity index (χ4v) is 3.02. The summed E-state index contributed by atoms with van der Waals surface area (Å²) in [6.07, 6.45) is 10.4. The highest BCUT2D eigenvalue weighted by Crippen LogP contribution is 2.29. The average Bonchev–Trinajstić information content (AvgIpc) is 3.21. The minimum absolute atomic E-state index is 0.267. The van der Waals surface area contributed by atoms with Crippen LogP contribution in [0.25, 0.3) is 0 Å². The average molecular weight is 252 g/mol. The summed E-state index contributed by atoms with van der Waals surface area (Å²) in [7, 11) is 0. The minimum Gasteiger partial charge on any atom is -0.355 e. The summed E-state index contributed by atoms with van der Waals surface area (Å²) in [4.78, 5) is 11.4. The smallest absolute Gasteiger partial charge is 0.223 e. The second-order valence-corrected chi connectivity index (χ2v) is 6.03. The van der Waals surface area contributed by atoms with Gasteiger partial charge in [0.1, 0.15) is 0 Å². The Labute approximate surface area is 111 Å². The normalized spacial score (nSPS) is 28.1. The molecule has 2 rings (SSSR count). The topological polar surface area (TPSA) is 41.1 Å². The van der Waals surface area contributed by atoms with Gasteiger partial charge in [-0.05, 0) is 44.4 Å². The van der Waals surface area contributed by atoms with Crippen LogP contribution in [0.4, 0.5) is 0 Å². The molecule has 104 valence electrons. The van der Waals surface area contributed by atoms with Crippen molar-refractivity contribution >= 4 is 5.91 Å². The molecule has 0 aromatic carbocycles. The fourth-order valence-electron chi connectivity index (χ4n) is 3.02. The van der Waals surface area contributed by atoms with Gasteiger partial charge in [-0.25, -0.2) is 0 Å². The van der Waals surface area contributed by atoms with Crippen LogP contribution in [0.2, 0.25) is 0 Å². The summed E-state index contributed by atoms with van der Waals surface area (Å²) in [5, 5.41) is 6.60. The zero-order valence-corrected chi connectivity index (χ0v) is 11.7. The van der Waals surface area contributed by atoms with Gasteiger partial charge in [-0.15, -0.1) is 0 Å². The van der Waals surface area contributed by atoms with Crippen molar-refractivity contribution < 1.29 is 4.79 Å². The van der Waals surface area contributed by atoms with Crippen LogP contribution in [0.5, 0.6) is 0 Å². The van der Waals surface area contributed by atoms with E-state index in [0.717, 1.165) is 31.8 Å². The monoisotopic (exact) mass is 252 g/mol. The molecule has 0 atom stereocenters. The number of hydrogen-bond donors (Lipinski definition) is 2. The zero-order chi connectivity index (χ0) is 12.8.